The van der Waals surface area contributed by atoms with Crippen molar-refractivity contribution in [1.82, 2.24) is 4.98 Å². The molecule has 0 radical (unpaired) electrons. The molecule has 1 aliphatic carbocycles. The molecule has 0 N–H and O–H groups in total. The molecule has 1 heterocycles. The molecular weight excluding hydrogens is 280 g/mol. The third kappa shape index (κ3) is 3.43. The van der Waals surface area contributed by atoms with Crippen molar-refractivity contribution in [2.75, 3.05) is 11.9 Å². The lowest BCUT2D eigenvalue weighted by Crippen LogP contribution is -2.26. The average Bonchev–Trinajstić information content (AvgIpc) is 2.97. The van der Waals surface area contributed by atoms with Gasteiger partial charge in [0.05, 0.1) is 10.2 Å². The number of para-hydroxylation sites is 1. The molecule has 3 rings (SSSR count). The lowest BCUT2D eigenvalue weighted by molar-refractivity contribution is -0.118. The highest BCUT2D eigenvalue weighted by Gasteiger charge is 2.18. The number of hydrogen-bond donors (Lipinski definition) is 0. The molecule has 1 aromatic heterocycles. The van der Waals surface area contributed by atoms with Gasteiger partial charge < -0.3 is 0 Å². The summed E-state index contributed by atoms with van der Waals surface area (Å²) in [6.07, 6.45) is 8.34. The van der Waals surface area contributed by atoms with E-state index in [2.05, 4.69) is 11.1 Å². The molecule has 0 bridgehead atoms. The summed E-state index contributed by atoms with van der Waals surface area (Å²) in [6.45, 7) is 0. The van der Waals surface area contributed by atoms with Gasteiger partial charge in [-0.1, -0.05) is 55.6 Å². The maximum atomic E-state index is 12.4. The normalized spacial score (nSPS) is 16.2. The van der Waals surface area contributed by atoms with E-state index in [0.29, 0.717) is 6.42 Å². The molecular formula is C17H22N2OS. The van der Waals surface area contributed by atoms with Gasteiger partial charge in [-0.05, 0) is 24.5 Å². The zero-order chi connectivity index (χ0) is 14.7. The van der Waals surface area contributed by atoms with Gasteiger partial charge >= 0.3 is 0 Å². The Hall–Kier alpha value is -1.42. The Morgan fingerprint density at radius 1 is 1.29 bits per heavy atom. The first-order valence-electron chi connectivity index (χ1n) is 7.86. The molecule has 0 spiro atoms. The fraction of sp³-hybridized carbons (Fsp3) is 0.529. The van der Waals surface area contributed by atoms with Crippen LogP contribution >= 0.6 is 11.3 Å². The summed E-state index contributed by atoms with van der Waals surface area (Å²) >= 11 is 1.59. The van der Waals surface area contributed by atoms with Crippen molar-refractivity contribution in [3.05, 3.63) is 24.3 Å². The summed E-state index contributed by atoms with van der Waals surface area (Å²) in [5.74, 6) is 0.950. The summed E-state index contributed by atoms with van der Waals surface area (Å²) in [6, 6.07) is 8.04. The molecule has 1 aromatic carbocycles. The topological polar surface area (TPSA) is 33.2 Å². The number of rotatable bonds is 4. The largest absolute Gasteiger partial charge is 0.291 e. The van der Waals surface area contributed by atoms with Crippen LogP contribution in [0.2, 0.25) is 0 Å². The molecule has 0 aliphatic heterocycles. The molecule has 0 unspecified atom stereocenters. The monoisotopic (exact) mass is 302 g/mol. The van der Waals surface area contributed by atoms with Crippen LogP contribution in [0.1, 0.15) is 44.9 Å². The van der Waals surface area contributed by atoms with E-state index in [1.165, 1.54) is 32.1 Å². The highest BCUT2D eigenvalue weighted by molar-refractivity contribution is 7.22. The summed E-state index contributed by atoms with van der Waals surface area (Å²) in [4.78, 5) is 18.6. The van der Waals surface area contributed by atoms with Crippen LogP contribution in [0.3, 0.4) is 0 Å². The molecule has 0 atom stereocenters. The Morgan fingerprint density at radius 2 is 2.05 bits per heavy atom. The predicted octanol–water partition coefficient (Wildman–Crippen LogP) is 4.62. The molecule has 3 nitrogen and oxygen atoms in total. The van der Waals surface area contributed by atoms with Crippen LogP contribution in [0.25, 0.3) is 10.2 Å². The number of hydrogen-bond acceptors (Lipinski definition) is 3. The van der Waals surface area contributed by atoms with Crippen LogP contribution in [0.15, 0.2) is 24.3 Å². The van der Waals surface area contributed by atoms with Gasteiger partial charge in [0.15, 0.2) is 5.13 Å². The number of thiazole rings is 1. The minimum Gasteiger partial charge on any atom is -0.291 e. The van der Waals surface area contributed by atoms with Gasteiger partial charge in [0.25, 0.3) is 0 Å². The van der Waals surface area contributed by atoms with Crippen molar-refractivity contribution in [2.45, 2.75) is 44.9 Å². The minimum atomic E-state index is 0.194. The first-order valence-corrected chi connectivity index (χ1v) is 8.68. The second-order valence-electron chi connectivity index (χ2n) is 5.96. The molecule has 1 aliphatic rings. The second-order valence-corrected chi connectivity index (χ2v) is 6.97. The molecule has 112 valence electrons. The fourth-order valence-corrected chi connectivity index (χ4v) is 4.03. The molecule has 2 aromatic rings. The third-order valence-corrected chi connectivity index (χ3v) is 5.55. The smallest absolute Gasteiger partial charge is 0.228 e. The van der Waals surface area contributed by atoms with Crippen LogP contribution in [0.5, 0.6) is 0 Å². The summed E-state index contributed by atoms with van der Waals surface area (Å²) in [5, 5.41) is 0.810. The Bertz CT molecular complexity index is 583. The van der Waals surface area contributed by atoms with Crippen molar-refractivity contribution in [1.29, 1.82) is 0 Å². The van der Waals surface area contributed by atoms with Gasteiger partial charge in [-0.25, -0.2) is 4.98 Å². The van der Waals surface area contributed by atoms with Gasteiger partial charge in [-0.3, -0.25) is 9.69 Å². The number of aromatic nitrogens is 1. The lowest BCUT2D eigenvalue weighted by atomic mass is 9.86. The van der Waals surface area contributed by atoms with E-state index < -0.39 is 0 Å². The summed E-state index contributed by atoms with van der Waals surface area (Å²) in [7, 11) is 1.85. The van der Waals surface area contributed by atoms with E-state index in [0.717, 1.165) is 27.7 Å². The summed E-state index contributed by atoms with van der Waals surface area (Å²) in [5.41, 5.74) is 0.976. The van der Waals surface area contributed by atoms with Gasteiger partial charge in [0, 0.05) is 13.5 Å². The molecule has 0 saturated heterocycles. The molecule has 4 heteroatoms. The predicted molar refractivity (Wildman–Crippen MR) is 88.8 cm³/mol. The quantitative estimate of drug-likeness (QED) is 0.825. The van der Waals surface area contributed by atoms with E-state index in [-0.39, 0.29) is 5.91 Å². The van der Waals surface area contributed by atoms with E-state index in [1.807, 2.05) is 25.2 Å². The summed E-state index contributed by atoms with van der Waals surface area (Å²) < 4.78 is 1.14. The molecule has 1 saturated carbocycles. The van der Waals surface area contributed by atoms with Crippen molar-refractivity contribution >= 4 is 32.6 Å². The number of fused-ring (bicyclic) bond motifs is 1. The molecule has 1 fully saturated rings. The second kappa shape index (κ2) is 6.56. The van der Waals surface area contributed by atoms with Crippen LogP contribution in [0, 0.1) is 5.92 Å². The van der Waals surface area contributed by atoms with Gasteiger partial charge in [0.1, 0.15) is 0 Å². The van der Waals surface area contributed by atoms with Crippen LogP contribution < -0.4 is 4.90 Å². The van der Waals surface area contributed by atoms with Crippen molar-refractivity contribution in [3.8, 4) is 0 Å². The maximum Gasteiger partial charge on any atom is 0.228 e. The number of carbonyl (C=O) groups is 1. The number of carbonyl (C=O) groups excluding carboxylic acids is 1. The van der Waals surface area contributed by atoms with E-state index in [4.69, 9.17) is 0 Å². The molecule has 21 heavy (non-hydrogen) atoms. The Balaban J connectivity index is 1.60. The van der Waals surface area contributed by atoms with E-state index in [1.54, 1.807) is 16.2 Å². The van der Waals surface area contributed by atoms with E-state index >= 15 is 0 Å². The number of anilines is 1. The van der Waals surface area contributed by atoms with Gasteiger partial charge in [-0.2, -0.15) is 0 Å². The fourth-order valence-electron chi connectivity index (χ4n) is 3.08. The lowest BCUT2D eigenvalue weighted by Gasteiger charge is -2.22. The minimum absolute atomic E-state index is 0.194. The van der Waals surface area contributed by atoms with Crippen molar-refractivity contribution in [3.63, 3.8) is 0 Å². The van der Waals surface area contributed by atoms with Crippen LogP contribution in [0.4, 0.5) is 5.13 Å². The highest BCUT2D eigenvalue weighted by Crippen LogP contribution is 2.30. The van der Waals surface area contributed by atoms with Gasteiger partial charge in [0.2, 0.25) is 5.91 Å². The molecule has 1 amide bonds. The highest BCUT2D eigenvalue weighted by atomic mass is 32.1. The van der Waals surface area contributed by atoms with Crippen LogP contribution in [-0.2, 0) is 4.79 Å². The zero-order valence-electron chi connectivity index (χ0n) is 12.5. The Morgan fingerprint density at radius 3 is 2.81 bits per heavy atom. The third-order valence-electron chi connectivity index (χ3n) is 4.43. The van der Waals surface area contributed by atoms with E-state index in [9.17, 15) is 4.79 Å². The Labute approximate surface area is 130 Å². The van der Waals surface area contributed by atoms with Crippen molar-refractivity contribution < 1.29 is 4.79 Å². The SMILES string of the molecule is CN(C(=O)CCC1CCCCC1)c1nc2ccccc2s1. The number of amides is 1. The maximum absolute atomic E-state index is 12.4. The first-order chi connectivity index (χ1) is 10.2. The average molecular weight is 302 g/mol. The number of benzene rings is 1. The first kappa shape index (κ1) is 14.5. The zero-order valence-corrected chi connectivity index (χ0v) is 13.4. The van der Waals surface area contributed by atoms with Crippen LogP contribution in [-0.4, -0.2) is 17.9 Å². The standard InChI is InChI=1S/C17H22N2OS/c1-19(16(20)12-11-13-7-3-2-4-8-13)17-18-14-9-5-6-10-15(14)21-17/h5-6,9-10,13H,2-4,7-8,11-12H2,1H3. The van der Waals surface area contributed by atoms with Crippen molar-refractivity contribution in [2.24, 2.45) is 5.92 Å². The number of nitrogens with zero attached hydrogens (tertiary/aromatic N) is 2. The Kier molecular flexibility index (Phi) is 4.54. The van der Waals surface area contributed by atoms with Gasteiger partial charge in [-0.15, -0.1) is 0 Å².